The van der Waals surface area contributed by atoms with E-state index in [2.05, 4.69) is 15.5 Å². The van der Waals surface area contributed by atoms with Gasteiger partial charge in [-0.05, 0) is 22.6 Å². The predicted octanol–water partition coefficient (Wildman–Crippen LogP) is -0.986. The summed E-state index contributed by atoms with van der Waals surface area (Å²) in [5.41, 5.74) is 5.32. The maximum Gasteiger partial charge on any atom is 0.340 e. The van der Waals surface area contributed by atoms with Gasteiger partial charge in [-0.15, -0.1) is 5.10 Å². The molecule has 10 nitrogen and oxygen atoms in total. The standard InChI is InChI=1S/C11H10N6O4/c12-11(20)14-9(18)5-21-10(19)7-3-1-2-4-8(7)17-6-13-15-16-17/h1-4,6H,5H2,(H3,12,14,18,20). The minimum absolute atomic E-state index is 0.164. The first-order valence-electron chi connectivity index (χ1n) is 5.66. The molecule has 0 aliphatic rings. The summed E-state index contributed by atoms with van der Waals surface area (Å²) in [7, 11) is 0. The number of esters is 1. The number of tetrazole rings is 1. The number of primary amides is 1. The number of carbonyl (C=O) groups excluding carboxylic acids is 3. The third-order valence-electron chi connectivity index (χ3n) is 2.32. The first-order valence-corrected chi connectivity index (χ1v) is 5.66. The Kier molecular flexibility index (Phi) is 4.19. The summed E-state index contributed by atoms with van der Waals surface area (Å²) >= 11 is 0. The van der Waals surface area contributed by atoms with Gasteiger partial charge in [0.2, 0.25) is 0 Å². The summed E-state index contributed by atoms with van der Waals surface area (Å²) in [5.74, 6) is -1.59. The van der Waals surface area contributed by atoms with Gasteiger partial charge in [0.05, 0.1) is 11.3 Å². The van der Waals surface area contributed by atoms with Gasteiger partial charge in [-0.1, -0.05) is 12.1 Å². The molecular formula is C11H10N6O4. The number of nitrogens with two attached hydrogens (primary N) is 1. The van der Waals surface area contributed by atoms with Gasteiger partial charge in [0, 0.05) is 0 Å². The van der Waals surface area contributed by atoms with Crippen LogP contribution in [-0.4, -0.2) is 44.7 Å². The molecule has 0 atom stereocenters. The number of hydrogen-bond acceptors (Lipinski definition) is 7. The molecule has 2 aromatic rings. The first-order chi connectivity index (χ1) is 10.1. The Bertz CT molecular complexity index is 669. The van der Waals surface area contributed by atoms with Crippen LogP contribution in [0, 0.1) is 0 Å². The van der Waals surface area contributed by atoms with E-state index in [1.807, 2.05) is 0 Å². The van der Waals surface area contributed by atoms with E-state index in [1.165, 1.54) is 17.1 Å². The lowest BCUT2D eigenvalue weighted by Crippen LogP contribution is -2.37. The largest absolute Gasteiger partial charge is 0.452 e. The highest BCUT2D eigenvalue weighted by Gasteiger charge is 2.16. The topological polar surface area (TPSA) is 142 Å². The van der Waals surface area contributed by atoms with E-state index in [1.54, 1.807) is 23.5 Å². The van der Waals surface area contributed by atoms with Crippen LogP contribution in [0.5, 0.6) is 0 Å². The summed E-state index contributed by atoms with van der Waals surface area (Å²) in [4.78, 5) is 33.6. The molecular weight excluding hydrogens is 280 g/mol. The van der Waals surface area contributed by atoms with Crippen LogP contribution in [0.1, 0.15) is 10.4 Å². The number of benzene rings is 1. The zero-order chi connectivity index (χ0) is 15.2. The van der Waals surface area contributed by atoms with Gasteiger partial charge in [-0.3, -0.25) is 10.1 Å². The molecule has 1 aromatic heterocycles. The van der Waals surface area contributed by atoms with E-state index >= 15 is 0 Å². The molecule has 108 valence electrons. The van der Waals surface area contributed by atoms with Crippen molar-refractivity contribution in [2.45, 2.75) is 0 Å². The van der Waals surface area contributed by atoms with Gasteiger partial charge in [0.25, 0.3) is 5.91 Å². The lowest BCUT2D eigenvalue weighted by molar-refractivity contribution is -0.123. The zero-order valence-corrected chi connectivity index (χ0v) is 10.6. The van der Waals surface area contributed by atoms with Crippen molar-refractivity contribution in [2.75, 3.05) is 6.61 Å². The van der Waals surface area contributed by atoms with Crippen LogP contribution in [0.15, 0.2) is 30.6 Å². The molecule has 10 heteroatoms. The molecule has 1 aromatic carbocycles. The molecule has 0 fully saturated rings. The second kappa shape index (κ2) is 6.23. The lowest BCUT2D eigenvalue weighted by Gasteiger charge is -2.08. The highest BCUT2D eigenvalue weighted by molar-refractivity contribution is 5.97. The van der Waals surface area contributed by atoms with Crippen LogP contribution in [0.2, 0.25) is 0 Å². The number of urea groups is 1. The molecule has 0 aliphatic heterocycles. The van der Waals surface area contributed by atoms with Crippen LogP contribution >= 0.6 is 0 Å². The van der Waals surface area contributed by atoms with Gasteiger partial charge < -0.3 is 10.5 Å². The molecule has 0 radical (unpaired) electrons. The van der Waals surface area contributed by atoms with Gasteiger partial charge in [0.15, 0.2) is 6.61 Å². The Labute approximate surface area is 117 Å². The zero-order valence-electron chi connectivity index (χ0n) is 10.6. The van der Waals surface area contributed by atoms with Gasteiger partial charge >= 0.3 is 12.0 Å². The first kappa shape index (κ1) is 14.1. The average Bonchev–Trinajstić information content (AvgIpc) is 2.98. The number of nitrogens with one attached hydrogen (secondary N) is 1. The fourth-order valence-corrected chi connectivity index (χ4v) is 1.50. The van der Waals surface area contributed by atoms with Crippen molar-refractivity contribution >= 4 is 17.9 Å². The van der Waals surface area contributed by atoms with E-state index in [-0.39, 0.29) is 5.56 Å². The number of ether oxygens (including phenoxy) is 1. The number of imide groups is 1. The molecule has 0 bridgehead atoms. The Morgan fingerprint density at radius 1 is 1.29 bits per heavy atom. The maximum atomic E-state index is 12.0. The van der Waals surface area contributed by atoms with Crippen molar-refractivity contribution in [3.05, 3.63) is 36.2 Å². The maximum absolute atomic E-state index is 12.0. The number of aromatic nitrogens is 4. The molecule has 0 unspecified atom stereocenters. The van der Waals surface area contributed by atoms with Crippen molar-refractivity contribution < 1.29 is 19.1 Å². The van der Waals surface area contributed by atoms with Gasteiger partial charge in [-0.25, -0.2) is 9.59 Å². The number of hydrogen-bond donors (Lipinski definition) is 2. The van der Waals surface area contributed by atoms with Crippen LogP contribution < -0.4 is 11.1 Å². The van der Waals surface area contributed by atoms with Gasteiger partial charge in [-0.2, -0.15) is 4.68 Å². The fourth-order valence-electron chi connectivity index (χ4n) is 1.50. The summed E-state index contributed by atoms with van der Waals surface area (Å²) in [6, 6.07) is 5.38. The normalized spacial score (nSPS) is 9.90. The van der Waals surface area contributed by atoms with E-state index in [0.29, 0.717) is 5.69 Å². The quantitative estimate of drug-likeness (QED) is 0.688. The molecule has 3 amide bonds. The highest BCUT2D eigenvalue weighted by Crippen LogP contribution is 2.13. The minimum atomic E-state index is -1.02. The second-order valence-electron chi connectivity index (χ2n) is 3.76. The number of para-hydroxylation sites is 1. The number of rotatable bonds is 4. The SMILES string of the molecule is NC(=O)NC(=O)COC(=O)c1ccccc1-n1cnnn1. The monoisotopic (exact) mass is 290 g/mol. The van der Waals surface area contributed by atoms with Crippen molar-refractivity contribution in [1.29, 1.82) is 0 Å². The van der Waals surface area contributed by atoms with E-state index in [0.717, 1.165) is 0 Å². The van der Waals surface area contributed by atoms with Crippen LogP contribution in [0.3, 0.4) is 0 Å². The Morgan fingerprint density at radius 2 is 2.05 bits per heavy atom. The molecule has 0 aliphatic carbocycles. The van der Waals surface area contributed by atoms with Crippen molar-refractivity contribution in [3.8, 4) is 5.69 Å². The van der Waals surface area contributed by atoms with Gasteiger partial charge in [0.1, 0.15) is 6.33 Å². The van der Waals surface area contributed by atoms with Crippen molar-refractivity contribution in [1.82, 2.24) is 25.5 Å². The minimum Gasteiger partial charge on any atom is -0.452 e. The summed E-state index contributed by atoms with van der Waals surface area (Å²) in [6.45, 7) is -0.633. The van der Waals surface area contributed by atoms with E-state index in [4.69, 9.17) is 10.5 Å². The van der Waals surface area contributed by atoms with Crippen molar-refractivity contribution in [3.63, 3.8) is 0 Å². The number of carbonyl (C=O) groups is 3. The molecule has 3 N–H and O–H groups in total. The number of nitrogens with zero attached hydrogens (tertiary/aromatic N) is 4. The Hall–Kier alpha value is -3.30. The third-order valence-corrected chi connectivity index (χ3v) is 2.32. The lowest BCUT2D eigenvalue weighted by atomic mass is 10.2. The van der Waals surface area contributed by atoms with E-state index < -0.39 is 24.5 Å². The third kappa shape index (κ3) is 3.59. The molecule has 2 rings (SSSR count). The summed E-state index contributed by atoms with van der Waals surface area (Å²) in [6.07, 6.45) is 1.31. The van der Waals surface area contributed by atoms with Crippen LogP contribution in [-0.2, 0) is 9.53 Å². The molecule has 0 spiro atoms. The predicted molar refractivity (Wildman–Crippen MR) is 67.2 cm³/mol. The molecule has 0 saturated heterocycles. The molecule has 1 heterocycles. The second-order valence-corrected chi connectivity index (χ2v) is 3.76. The average molecular weight is 290 g/mol. The highest BCUT2D eigenvalue weighted by atomic mass is 16.5. The van der Waals surface area contributed by atoms with Crippen LogP contribution in [0.25, 0.3) is 5.69 Å². The number of amides is 3. The smallest absolute Gasteiger partial charge is 0.340 e. The Balaban J connectivity index is 2.10. The molecule has 21 heavy (non-hydrogen) atoms. The van der Waals surface area contributed by atoms with Crippen LogP contribution in [0.4, 0.5) is 4.79 Å². The fraction of sp³-hybridized carbons (Fsp3) is 0.0909. The molecule has 0 saturated carbocycles. The van der Waals surface area contributed by atoms with Crippen molar-refractivity contribution in [2.24, 2.45) is 5.73 Å². The summed E-state index contributed by atoms with van der Waals surface area (Å²) in [5, 5.41) is 12.4. The van der Waals surface area contributed by atoms with E-state index in [9.17, 15) is 14.4 Å². The Morgan fingerprint density at radius 3 is 2.71 bits per heavy atom. The summed E-state index contributed by atoms with van der Waals surface area (Å²) < 4.78 is 6.07.